The minimum Gasteiger partial charge on any atom is -0.460 e. The van der Waals surface area contributed by atoms with Gasteiger partial charge in [0.05, 0.1) is 6.61 Å². The fourth-order valence-corrected chi connectivity index (χ4v) is 5.42. The number of benzene rings is 2. The van der Waals surface area contributed by atoms with Gasteiger partial charge in [-0.3, -0.25) is 23.7 Å². The van der Waals surface area contributed by atoms with E-state index in [1.54, 1.807) is 53.5 Å². The van der Waals surface area contributed by atoms with Gasteiger partial charge in [-0.2, -0.15) is 13.9 Å². The van der Waals surface area contributed by atoms with Crippen molar-refractivity contribution in [3.8, 4) is 5.75 Å². The summed E-state index contributed by atoms with van der Waals surface area (Å²) in [6.45, 7) is 0.334. The van der Waals surface area contributed by atoms with Gasteiger partial charge in [-0.15, -0.1) is 0 Å². The molecular formula is C25H25ClF2N3O9P. The Morgan fingerprint density at radius 3 is 2.49 bits per heavy atom. The number of alkyl halides is 2. The third-order valence-electron chi connectivity index (χ3n) is 5.86. The molecule has 41 heavy (non-hydrogen) atoms. The normalized spacial score (nSPS) is 22.0. The van der Waals surface area contributed by atoms with Gasteiger partial charge < -0.3 is 19.1 Å². The number of carbonyl (C=O) groups is 1. The minimum atomic E-state index is -4.51. The van der Waals surface area contributed by atoms with Crippen LogP contribution in [0.3, 0.4) is 0 Å². The Hall–Kier alpha value is -3.39. The highest BCUT2D eigenvalue weighted by Crippen LogP contribution is 2.48. The van der Waals surface area contributed by atoms with E-state index in [2.05, 4.69) is 5.09 Å². The maximum absolute atomic E-state index is 15.0. The lowest BCUT2D eigenvalue weighted by molar-refractivity contribution is -0.146. The molecule has 0 amide bonds. The molecule has 1 fully saturated rings. The van der Waals surface area contributed by atoms with Crippen molar-refractivity contribution in [3.63, 3.8) is 0 Å². The quantitative estimate of drug-likeness (QED) is 0.216. The molecule has 12 nitrogen and oxygen atoms in total. The van der Waals surface area contributed by atoms with E-state index < -0.39 is 67.0 Å². The van der Waals surface area contributed by atoms with Crippen LogP contribution in [-0.4, -0.2) is 51.4 Å². The molecule has 1 aliphatic heterocycles. The fraction of sp³-hybridized carbons (Fsp3) is 0.320. The Bertz CT molecular complexity index is 1520. The van der Waals surface area contributed by atoms with E-state index in [0.717, 1.165) is 0 Å². The number of rotatable bonds is 11. The second-order valence-electron chi connectivity index (χ2n) is 8.93. The van der Waals surface area contributed by atoms with E-state index in [4.69, 9.17) is 30.1 Å². The van der Waals surface area contributed by atoms with Gasteiger partial charge in [0, 0.05) is 6.20 Å². The summed E-state index contributed by atoms with van der Waals surface area (Å²) in [5, 5.41) is 12.1. The zero-order chi connectivity index (χ0) is 29.8. The molecule has 1 unspecified atom stereocenters. The number of H-pyrrole nitrogens is 1. The number of halogens is 3. The molecule has 3 N–H and O–H groups in total. The standard InChI is InChI=1S/C25H25ClF2N3O9P/c1-15(22(34)37-13-16-8-4-2-5-9-16)30-41(36,40-17-10-6-3-7-11-17)38-14-19-20(32)25(27,28)23(39-19)31-12-18(26)21(33)29-24(31)35/h2-12,15,19-20,23,32H,13-14H2,1H3,(H,30,36)(H,29,33,35)/t15-,19+,20+,23+,41?/m0/s1. The molecule has 3 aromatic rings. The first-order valence-corrected chi connectivity index (χ1v) is 14.0. The van der Waals surface area contributed by atoms with Gasteiger partial charge in [0.2, 0.25) is 6.23 Å². The molecule has 0 bridgehead atoms. The van der Waals surface area contributed by atoms with Crippen LogP contribution in [0, 0.1) is 0 Å². The number of aromatic amines is 1. The molecule has 0 radical (unpaired) electrons. The number of aliphatic hydroxyl groups excluding tert-OH is 1. The number of hydrogen-bond donors (Lipinski definition) is 3. The molecule has 4 rings (SSSR count). The third-order valence-corrected chi connectivity index (χ3v) is 7.78. The molecule has 0 saturated carbocycles. The Kier molecular flexibility index (Phi) is 9.42. The van der Waals surface area contributed by atoms with Gasteiger partial charge in [0.15, 0.2) is 6.10 Å². The minimum absolute atomic E-state index is 0.0544. The lowest BCUT2D eigenvalue weighted by atomic mass is 10.1. The summed E-state index contributed by atoms with van der Waals surface area (Å²) in [6.07, 6.45) is -6.11. The predicted molar refractivity (Wildman–Crippen MR) is 141 cm³/mol. The fourth-order valence-electron chi connectivity index (χ4n) is 3.77. The number of aromatic nitrogens is 2. The van der Waals surface area contributed by atoms with E-state index in [1.807, 2.05) is 0 Å². The average molecular weight is 616 g/mol. The number of carbonyl (C=O) groups excluding carboxylic acids is 1. The first-order valence-electron chi connectivity index (χ1n) is 12.1. The number of aliphatic hydroxyl groups is 1. The van der Waals surface area contributed by atoms with Gasteiger partial charge in [0.25, 0.3) is 5.56 Å². The van der Waals surface area contributed by atoms with Crippen LogP contribution in [0.4, 0.5) is 8.78 Å². The zero-order valence-electron chi connectivity index (χ0n) is 21.3. The molecule has 0 aliphatic carbocycles. The van der Waals surface area contributed by atoms with Crippen LogP contribution >= 0.6 is 19.3 Å². The summed E-state index contributed by atoms with van der Waals surface area (Å²) in [6, 6.07) is 15.2. The van der Waals surface area contributed by atoms with Crippen LogP contribution in [-0.2, 0) is 30.0 Å². The van der Waals surface area contributed by atoms with E-state index in [9.17, 15) is 32.8 Å². The lowest BCUT2D eigenvalue weighted by Gasteiger charge is -2.24. The maximum Gasteiger partial charge on any atom is 0.459 e. The van der Waals surface area contributed by atoms with Crippen molar-refractivity contribution in [1.82, 2.24) is 14.6 Å². The topological polar surface area (TPSA) is 158 Å². The van der Waals surface area contributed by atoms with Crippen molar-refractivity contribution in [2.24, 2.45) is 0 Å². The van der Waals surface area contributed by atoms with Crippen LogP contribution in [0.15, 0.2) is 76.4 Å². The van der Waals surface area contributed by atoms with Gasteiger partial charge in [-0.05, 0) is 24.6 Å². The third kappa shape index (κ3) is 7.28. The summed E-state index contributed by atoms with van der Waals surface area (Å²) < 4.78 is 65.2. The molecule has 1 aromatic heterocycles. The van der Waals surface area contributed by atoms with Crippen LogP contribution in [0.5, 0.6) is 5.75 Å². The van der Waals surface area contributed by atoms with Crippen molar-refractivity contribution in [3.05, 3.63) is 98.3 Å². The second-order valence-corrected chi connectivity index (χ2v) is 11.0. The van der Waals surface area contributed by atoms with Gasteiger partial charge in [0.1, 0.15) is 29.5 Å². The maximum atomic E-state index is 15.0. The SMILES string of the molecule is C[C@H](NP(=O)(OC[C@H]1O[C@@H](n2cc(Cl)c(=O)[nH]c2=O)C(F)(F)[C@@H]1O)Oc1ccccc1)C(=O)OCc1ccccc1. The predicted octanol–water partition coefficient (Wildman–Crippen LogP) is 3.01. The Labute approximate surface area is 236 Å². The van der Waals surface area contributed by atoms with Gasteiger partial charge in [-0.1, -0.05) is 60.1 Å². The van der Waals surface area contributed by atoms with Crippen molar-refractivity contribution >= 4 is 25.3 Å². The summed E-state index contributed by atoms with van der Waals surface area (Å²) in [4.78, 5) is 38.0. The van der Waals surface area contributed by atoms with E-state index >= 15 is 0 Å². The number of ether oxygens (including phenoxy) is 2. The average Bonchev–Trinajstić information content (AvgIpc) is 3.17. The highest BCUT2D eigenvalue weighted by Gasteiger charge is 2.60. The molecule has 1 aliphatic rings. The van der Waals surface area contributed by atoms with E-state index in [0.29, 0.717) is 16.3 Å². The first-order chi connectivity index (χ1) is 19.4. The first kappa shape index (κ1) is 30.6. The highest BCUT2D eigenvalue weighted by atomic mass is 35.5. The van der Waals surface area contributed by atoms with Crippen LogP contribution in [0.25, 0.3) is 0 Å². The van der Waals surface area contributed by atoms with Crippen molar-refractivity contribution in [2.45, 2.75) is 43.9 Å². The van der Waals surface area contributed by atoms with Gasteiger partial charge in [-0.25, -0.2) is 9.36 Å². The number of para-hydroxylation sites is 1. The summed E-state index contributed by atoms with van der Waals surface area (Å²) in [5.41, 5.74) is -1.56. The Morgan fingerprint density at radius 1 is 1.20 bits per heavy atom. The smallest absolute Gasteiger partial charge is 0.459 e. The molecular weight excluding hydrogens is 591 g/mol. The van der Waals surface area contributed by atoms with E-state index in [-0.39, 0.29) is 12.4 Å². The number of nitrogens with one attached hydrogen (secondary N) is 2. The van der Waals surface area contributed by atoms with Crippen LogP contribution < -0.4 is 20.9 Å². The van der Waals surface area contributed by atoms with Crippen LogP contribution in [0.1, 0.15) is 18.7 Å². The summed E-state index contributed by atoms with van der Waals surface area (Å²) >= 11 is 5.67. The number of hydrogen-bond acceptors (Lipinski definition) is 9. The zero-order valence-corrected chi connectivity index (χ0v) is 23.0. The molecule has 2 aromatic carbocycles. The molecule has 1 saturated heterocycles. The largest absolute Gasteiger partial charge is 0.460 e. The Balaban J connectivity index is 1.49. The van der Waals surface area contributed by atoms with E-state index in [1.165, 1.54) is 19.1 Å². The Morgan fingerprint density at radius 2 is 1.83 bits per heavy atom. The number of nitrogens with zero attached hydrogens (tertiary/aromatic N) is 1. The second kappa shape index (κ2) is 12.6. The molecule has 0 spiro atoms. The molecule has 16 heteroatoms. The van der Waals surface area contributed by atoms with Crippen LogP contribution in [0.2, 0.25) is 5.02 Å². The van der Waals surface area contributed by atoms with Crippen molar-refractivity contribution in [1.29, 1.82) is 0 Å². The molecule has 2 heterocycles. The molecule has 220 valence electrons. The summed E-state index contributed by atoms with van der Waals surface area (Å²) in [5.74, 6) is -4.82. The van der Waals surface area contributed by atoms with Gasteiger partial charge >= 0.3 is 25.3 Å². The van der Waals surface area contributed by atoms with Crippen molar-refractivity contribution < 1.29 is 41.8 Å². The van der Waals surface area contributed by atoms with Crippen molar-refractivity contribution in [2.75, 3.05) is 6.61 Å². The number of esters is 1. The molecule has 5 atom stereocenters. The summed E-state index contributed by atoms with van der Waals surface area (Å²) in [7, 11) is -4.51. The lowest BCUT2D eigenvalue weighted by Crippen LogP contribution is -2.43. The highest BCUT2D eigenvalue weighted by molar-refractivity contribution is 7.52. The monoisotopic (exact) mass is 615 g/mol.